The average molecular weight is 287 g/mol. The van der Waals surface area contributed by atoms with Crippen LogP contribution in [0, 0.1) is 5.92 Å². The topological polar surface area (TPSA) is 35.2 Å². The van der Waals surface area contributed by atoms with Crippen molar-refractivity contribution in [3.63, 3.8) is 0 Å². The number of methoxy groups -OCH3 is 1. The van der Waals surface area contributed by atoms with Gasteiger partial charge >= 0.3 is 0 Å². The van der Waals surface area contributed by atoms with Crippen molar-refractivity contribution in [2.24, 2.45) is 11.7 Å². The lowest BCUT2D eigenvalue weighted by atomic mass is 9.59. The van der Waals surface area contributed by atoms with Crippen LogP contribution in [-0.4, -0.2) is 13.2 Å². The van der Waals surface area contributed by atoms with Crippen molar-refractivity contribution in [2.75, 3.05) is 7.11 Å². The Bertz CT molecular complexity index is 525. The number of hydrogen-bond donors (Lipinski definition) is 1. The summed E-state index contributed by atoms with van der Waals surface area (Å²) in [6.07, 6.45) is 8.77. The number of nitrogens with two attached hydrogens (primary N) is 1. The van der Waals surface area contributed by atoms with Crippen LogP contribution in [0.4, 0.5) is 0 Å². The van der Waals surface area contributed by atoms with E-state index in [9.17, 15) is 0 Å². The Balaban J connectivity index is 2.17. The maximum absolute atomic E-state index is 6.75. The van der Waals surface area contributed by atoms with Gasteiger partial charge in [0.05, 0.1) is 7.11 Å². The first-order valence-electron chi connectivity index (χ1n) is 8.56. The highest BCUT2D eigenvalue weighted by Gasteiger charge is 2.44. The number of ether oxygens (including phenoxy) is 1. The van der Waals surface area contributed by atoms with Crippen LogP contribution in [-0.2, 0) is 18.3 Å². The molecule has 0 aromatic heterocycles. The molecular weight excluding hydrogens is 258 g/mol. The Hall–Kier alpha value is -1.02. The molecule has 116 valence electrons. The van der Waals surface area contributed by atoms with Gasteiger partial charge in [-0.2, -0.15) is 0 Å². The number of aryl methyl sites for hydroxylation is 1. The third-order valence-electron chi connectivity index (χ3n) is 6.03. The molecule has 1 aromatic rings. The summed E-state index contributed by atoms with van der Waals surface area (Å²) in [5, 5.41) is 0. The van der Waals surface area contributed by atoms with Gasteiger partial charge in [-0.05, 0) is 60.4 Å². The molecule has 1 fully saturated rings. The van der Waals surface area contributed by atoms with E-state index in [1.165, 1.54) is 49.7 Å². The van der Waals surface area contributed by atoms with E-state index in [1.807, 2.05) is 0 Å². The lowest BCUT2D eigenvalue weighted by Gasteiger charge is -2.48. The molecule has 2 nitrogen and oxygen atoms in total. The first kappa shape index (κ1) is 14.9. The third kappa shape index (κ3) is 2.38. The maximum Gasteiger partial charge on any atom is 0.119 e. The fourth-order valence-corrected chi connectivity index (χ4v) is 4.63. The van der Waals surface area contributed by atoms with Gasteiger partial charge in [0.15, 0.2) is 0 Å². The van der Waals surface area contributed by atoms with Crippen molar-refractivity contribution in [3.05, 3.63) is 28.8 Å². The van der Waals surface area contributed by atoms with E-state index in [0.29, 0.717) is 12.0 Å². The maximum atomic E-state index is 6.75. The molecule has 2 heteroatoms. The van der Waals surface area contributed by atoms with Crippen molar-refractivity contribution in [3.8, 4) is 5.75 Å². The van der Waals surface area contributed by atoms with Crippen LogP contribution in [0.5, 0.6) is 5.75 Å². The quantitative estimate of drug-likeness (QED) is 0.893. The molecule has 0 amide bonds. The molecule has 3 unspecified atom stereocenters. The number of hydrogen-bond acceptors (Lipinski definition) is 2. The first-order valence-corrected chi connectivity index (χ1v) is 8.56. The number of fused-ring (bicyclic) bond motifs is 4. The normalized spacial score (nSPS) is 32.0. The molecule has 0 heterocycles. The summed E-state index contributed by atoms with van der Waals surface area (Å²) in [5.41, 5.74) is 11.4. The van der Waals surface area contributed by atoms with Crippen LogP contribution < -0.4 is 10.5 Å². The number of rotatable bonds is 2. The van der Waals surface area contributed by atoms with Gasteiger partial charge in [-0.3, -0.25) is 0 Å². The summed E-state index contributed by atoms with van der Waals surface area (Å²) < 4.78 is 5.56. The zero-order valence-corrected chi connectivity index (χ0v) is 13.7. The summed E-state index contributed by atoms with van der Waals surface area (Å²) >= 11 is 0. The summed E-state index contributed by atoms with van der Waals surface area (Å²) in [4.78, 5) is 0. The second-order valence-electron chi connectivity index (χ2n) is 7.17. The fourth-order valence-electron chi connectivity index (χ4n) is 4.63. The van der Waals surface area contributed by atoms with Crippen molar-refractivity contribution in [2.45, 2.75) is 70.3 Å². The van der Waals surface area contributed by atoms with E-state index in [-0.39, 0.29) is 5.41 Å². The SMILES string of the molecule is CCc1cc(OC)cc2c1CC1CCCCCC2(C)C1N. The van der Waals surface area contributed by atoms with Gasteiger partial charge in [0.25, 0.3) is 0 Å². The summed E-state index contributed by atoms with van der Waals surface area (Å²) in [7, 11) is 1.77. The average Bonchev–Trinajstić information content (AvgIpc) is 2.50. The minimum absolute atomic E-state index is 0.122. The lowest BCUT2D eigenvalue weighted by molar-refractivity contribution is 0.200. The standard InChI is InChI=1S/C19H29NO/c1-4-13-10-15(21-3)12-17-16(13)11-14-8-6-5-7-9-19(17,2)18(14)20/h10,12,14,18H,4-9,11,20H2,1-3H3. The zero-order valence-electron chi connectivity index (χ0n) is 13.7. The van der Waals surface area contributed by atoms with Gasteiger partial charge in [0, 0.05) is 11.5 Å². The van der Waals surface area contributed by atoms with Crippen LogP contribution in [0.1, 0.15) is 62.6 Å². The Morgan fingerprint density at radius 1 is 1.29 bits per heavy atom. The third-order valence-corrected chi connectivity index (χ3v) is 6.03. The van der Waals surface area contributed by atoms with Crippen LogP contribution in [0.2, 0.25) is 0 Å². The van der Waals surface area contributed by atoms with E-state index in [0.717, 1.165) is 12.2 Å². The van der Waals surface area contributed by atoms with Gasteiger partial charge in [0.2, 0.25) is 0 Å². The van der Waals surface area contributed by atoms with Crippen LogP contribution >= 0.6 is 0 Å². The molecule has 3 rings (SSSR count). The minimum atomic E-state index is 0.122. The van der Waals surface area contributed by atoms with Gasteiger partial charge < -0.3 is 10.5 Å². The zero-order chi connectivity index (χ0) is 15.0. The van der Waals surface area contributed by atoms with Gasteiger partial charge in [-0.25, -0.2) is 0 Å². The second-order valence-corrected chi connectivity index (χ2v) is 7.17. The Morgan fingerprint density at radius 2 is 2.10 bits per heavy atom. The fraction of sp³-hybridized carbons (Fsp3) is 0.684. The summed E-state index contributed by atoms with van der Waals surface area (Å²) in [6.45, 7) is 4.65. The second kappa shape index (κ2) is 5.64. The highest BCUT2D eigenvalue weighted by atomic mass is 16.5. The monoisotopic (exact) mass is 287 g/mol. The van der Waals surface area contributed by atoms with Crippen LogP contribution in [0.25, 0.3) is 0 Å². The van der Waals surface area contributed by atoms with Crippen molar-refractivity contribution < 1.29 is 4.74 Å². The molecule has 21 heavy (non-hydrogen) atoms. The van der Waals surface area contributed by atoms with Crippen molar-refractivity contribution in [1.29, 1.82) is 0 Å². The van der Waals surface area contributed by atoms with E-state index >= 15 is 0 Å². The molecule has 2 aliphatic carbocycles. The van der Waals surface area contributed by atoms with E-state index < -0.39 is 0 Å². The summed E-state index contributed by atoms with van der Waals surface area (Å²) in [5.74, 6) is 1.65. The molecule has 1 saturated carbocycles. The minimum Gasteiger partial charge on any atom is -0.497 e. The van der Waals surface area contributed by atoms with E-state index in [2.05, 4.69) is 26.0 Å². The molecule has 3 atom stereocenters. The molecule has 0 radical (unpaired) electrons. The lowest BCUT2D eigenvalue weighted by Crippen LogP contribution is -2.53. The summed E-state index contributed by atoms with van der Waals surface area (Å²) in [6, 6.07) is 4.80. The van der Waals surface area contributed by atoms with Gasteiger partial charge in [-0.15, -0.1) is 0 Å². The van der Waals surface area contributed by atoms with Crippen LogP contribution in [0.15, 0.2) is 12.1 Å². The smallest absolute Gasteiger partial charge is 0.119 e. The van der Waals surface area contributed by atoms with E-state index in [4.69, 9.17) is 10.5 Å². The molecule has 0 aliphatic heterocycles. The van der Waals surface area contributed by atoms with Crippen molar-refractivity contribution in [1.82, 2.24) is 0 Å². The Morgan fingerprint density at radius 3 is 2.81 bits per heavy atom. The molecular formula is C19H29NO. The first-order chi connectivity index (χ1) is 10.1. The largest absolute Gasteiger partial charge is 0.497 e. The molecule has 0 saturated heterocycles. The molecule has 0 spiro atoms. The van der Waals surface area contributed by atoms with Gasteiger partial charge in [-0.1, -0.05) is 33.1 Å². The van der Waals surface area contributed by atoms with Crippen molar-refractivity contribution >= 4 is 0 Å². The molecule has 2 aliphatic rings. The van der Waals surface area contributed by atoms with Crippen LogP contribution in [0.3, 0.4) is 0 Å². The molecule has 2 bridgehead atoms. The van der Waals surface area contributed by atoms with Gasteiger partial charge in [0.1, 0.15) is 5.75 Å². The predicted octanol–water partition coefficient (Wildman–Crippen LogP) is 3.98. The Labute approximate surface area is 129 Å². The number of benzene rings is 1. The Kier molecular flexibility index (Phi) is 4.00. The molecule has 2 N–H and O–H groups in total. The highest BCUT2D eigenvalue weighted by Crippen LogP contribution is 2.47. The predicted molar refractivity (Wildman–Crippen MR) is 88.0 cm³/mol. The van der Waals surface area contributed by atoms with E-state index in [1.54, 1.807) is 12.7 Å². The highest BCUT2D eigenvalue weighted by molar-refractivity contribution is 5.49. The molecule has 1 aromatic carbocycles.